The van der Waals surface area contributed by atoms with Crippen LogP contribution in [0.2, 0.25) is 0 Å². The first-order valence-electron chi connectivity index (χ1n) is 10.9. The third-order valence-corrected chi connectivity index (χ3v) is 7.25. The number of hydrogen-bond acceptors (Lipinski definition) is 2. The Labute approximate surface area is 173 Å². The quantitative estimate of drug-likeness (QED) is 0.702. The molecule has 3 atom stereocenters. The predicted octanol–water partition coefficient (Wildman–Crippen LogP) is 4.96. The Morgan fingerprint density at radius 1 is 1.03 bits per heavy atom. The van der Waals surface area contributed by atoms with Crippen molar-refractivity contribution in [1.29, 1.82) is 0 Å². The smallest absolute Gasteiger partial charge is 0.337 e. The van der Waals surface area contributed by atoms with E-state index < -0.39 is 11.7 Å². The van der Waals surface area contributed by atoms with Crippen molar-refractivity contribution in [2.24, 2.45) is 11.8 Å². The van der Waals surface area contributed by atoms with Gasteiger partial charge in [-0.15, -0.1) is 0 Å². The Kier molecular flexibility index (Phi) is 4.86. The normalized spacial score (nSPS) is 26.4. The molecule has 2 heterocycles. The summed E-state index contributed by atoms with van der Waals surface area (Å²) in [6, 6.07) is 5.95. The number of benzene rings is 1. The number of hydrogen-bond donors (Lipinski definition) is 1. The molecule has 2 aromatic rings. The number of amides is 1. The minimum absolute atomic E-state index is 0.0176. The summed E-state index contributed by atoms with van der Waals surface area (Å²) in [5.41, 5.74) is 2.63. The van der Waals surface area contributed by atoms with Crippen molar-refractivity contribution in [2.75, 3.05) is 13.1 Å². The third kappa shape index (κ3) is 3.42. The molecule has 1 saturated heterocycles. The van der Waals surface area contributed by atoms with E-state index in [0.29, 0.717) is 37.2 Å². The van der Waals surface area contributed by atoms with Crippen LogP contribution in [0.4, 0.5) is 13.2 Å². The lowest BCUT2D eigenvalue weighted by atomic mass is 9.91. The number of aromatic amines is 1. The molecule has 3 aliphatic rings. The largest absolute Gasteiger partial charge is 0.416 e. The molecule has 4 nitrogen and oxygen atoms in total. The van der Waals surface area contributed by atoms with Gasteiger partial charge >= 0.3 is 6.18 Å². The van der Waals surface area contributed by atoms with Crippen molar-refractivity contribution in [3.8, 4) is 0 Å². The number of halogens is 3. The fourth-order valence-corrected chi connectivity index (χ4v) is 5.82. The number of aryl methyl sites for hydroxylation is 1. The molecule has 1 aliphatic heterocycles. The van der Waals surface area contributed by atoms with Gasteiger partial charge in [0.2, 0.25) is 0 Å². The van der Waals surface area contributed by atoms with E-state index in [-0.39, 0.29) is 23.7 Å². The molecule has 30 heavy (non-hydrogen) atoms. The van der Waals surface area contributed by atoms with Crippen molar-refractivity contribution >= 4 is 5.91 Å². The van der Waals surface area contributed by atoms with E-state index in [1.807, 2.05) is 4.90 Å². The second-order valence-electron chi connectivity index (χ2n) is 9.07. The summed E-state index contributed by atoms with van der Waals surface area (Å²) in [5.74, 6) is 0.420. The minimum atomic E-state index is -4.33. The Bertz CT molecular complexity index is 937. The molecule has 7 heteroatoms. The number of nitrogens with zero attached hydrogens (tertiary/aromatic N) is 2. The van der Waals surface area contributed by atoms with Crippen LogP contribution in [0.15, 0.2) is 24.3 Å². The molecular weight excluding hydrogens is 391 g/mol. The van der Waals surface area contributed by atoms with Gasteiger partial charge in [0.05, 0.1) is 5.56 Å². The lowest BCUT2D eigenvalue weighted by Gasteiger charge is -2.21. The van der Waals surface area contributed by atoms with Gasteiger partial charge in [-0.05, 0) is 67.9 Å². The van der Waals surface area contributed by atoms with E-state index in [1.165, 1.54) is 18.6 Å². The first kappa shape index (κ1) is 19.6. The zero-order valence-electron chi connectivity index (χ0n) is 16.8. The summed E-state index contributed by atoms with van der Waals surface area (Å²) in [5, 5.41) is 7.40. The molecular formula is C23H26F3N3O. The van der Waals surface area contributed by atoms with Gasteiger partial charge in [0.15, 0.2) is 5.69 Å². The Balaban J connectivity index is 1.29. The lowest BCUT2D eigenvalue weighted by Crippen LogP contribution is -2.31. The zero-order chi connectivity index (χ0) is 20.9. The van der Waals surface area contributed by atoms with Gasteiger partial charge in [0.25, 0.3) is 5.91 Å². The maximum absolute atomic E-state index is 13.4. The number of H-pyrrole nitrogens is 1. The molecule has 160 valence electrons. The van der Waals surface area contributed by atoms with Gasteiger partial charge in [0, 0.05) is 24.3 Å². The summed E-state index contributed by atoms with van der Waals surface area (Å²) >= 11 is 0. The summed E-state index contributed by atoms with van der Waals surface area (Å²) in [4.78, 5) is 15.0. The fraction of sp³-hybridized carbons (Fsp3) is 0.565. The predicted molar refractivity (Wildman–Crippen MR) is 106 cm³/mol. The minimum Gasteiger partial charge on any atom is -0.337 e. The van der Waals surface area contributed by atoms with Gasteiger partial charge in [-0.1, -0.05) is 24.6 Å². The highest BCUT2D eigenvalue weighted by molar-refractivity contribution is 5.94. The van der Waals surface area contributed by atoms with Crippen LogP contribution in [0.5, 0.6) is 0 Å². The maximum Gasteiger partial charge on any atom is 0.416 e. The molecule has 1 saturated carbocycles. The zero-order valence-corrected chi connectivity index (χ0v) is 16.8. The Hall–Kier alpha value is -2.31. The van der Waals surface area contributed by atoms with Crippen LogP contribution in [0.3, 0.4) is 0 Å². The average molecular weight is 417 g/mol. The number of carbonyl (C=O) groups is 1. The third-order valence-electron chi connectivity index (χ3n) is 7.25. The first-order valence-corrected chi connectivity index (χ1v) is 10.9. The highest BCUT2D eigenvalue weighted by Crippen LogP contribution is 2.49. The van der Waals surface area contributed by atoms with Crippen molar-refractivity contribution in [3.63, 3.8) is 0 Å². The van der Waals surface area contributed by atoms with Gasteiger partial charge in [-0.2, -0.15) is 18.3 Å². The van der Waals surface area contributed by atoms with Crippen LogP contribution in [-0.2, 0) is 19.0 Å². The topological polar surface area (TPSA) is 49.0 Å². The molecule has 2 aliphatic carbocycles. The molecule has 0 spiro atoms. The van der Waals surface area contributed by atoms with Gasteiger partial charge in [-0.25, -0.2) is 0 Å². The molecule has 1 aromatic heterocycles. The highest BCUT2D eigenvalue weighted by Gasteiger charge is 2.45. The molecule has 0 bridgehead atoms. The molecule has 1 N–H and O–H groups in total. The molecule has 1 unspecified atom stereocenters. The lowest BCUT2D eigenvalue weighted by molar-refractivity contribution is -0.138. The second-order valence-corrected chi connectivity index (χ2v) is 9.07. The van der Waals surface area contributed by atoms with Crippen LogP contribution < -0.4 is 0 Å². The van der Waals surface area contributed by atoms with Crippen LogP contribution >= 0.6 is 0 Å². The number of alkyl halides is 3. The van der Waals surface area contributed by atoms with Crippen molar-refractivity contribution in [2.45, 2.75) is 57.0 Å². The fourth-order valence-electron chi connectivity index (χ4n) is 5.82. The highest BCUT2D eigenvalue weighted by atomic mass is 19.4. The van der Waals surface area contributed by atoms with Gasteiger partial charge < -0.3 is 4.90 Å². The van der Waals surface area contributed by atoms with Crippen LogP contribution in [-0.4, -0.2) is 34.1 Å². The summed E-state index contributed by atoms with van der Waals surface area (Å²) in [6.07, 6.45) is 2.31. The van der Waals surface area contributed by atoms with E-state index in [4.69, 9.17) is 0 Å². The summed E-state index contributed by atoms with van der Waals surface area (Å²) in [6.45, 7) is 1.24. The van der Waals surface area contributed by atoms with E-state index in [9.17, 15) is 18.0 Å². The van der Waals surface area contributed by atoms with E-state index in [1.54, 1.807) is 12.1 Å². The Morgan fingerprint density at radius 2 is 1.73 bits per heavy atom. The van der Waals surface area contributed by atoms with Crippen molar-refractivity contribution in [3.05, 3.63) is 52.3 Å². The summed E-state index contributed by atoms with van der Waals surface area (Å²) < 4.78 is 40.3. The number of carbonyl (C=O) groups excluding carboxylic acids is 1. The van der Waals surface area contributed by atoms with Crippen LogP contribution in [0.25, 0.3) is 0 Å². The first-order chi connectivity index (χ1) is 14.4. The monoisotopic (exact) mass is 417 g/mol. The molecule has 1 aromatic carbocycles. The maximum atomic E-state index is 13.4. The average Bonchev–Trinajstić information content (AvgIpc) is 3.36. The number of fused-ring (bicyclic) bond motifs is 2. The SMILES string of the molecule is O=C(c1n[nH]c2c1CCCCC2)N1C[C@H]2CC(c3ccccc3C(F)(F)F)C[C@H]2C1. The van der Waals surface area contributed by atoms with Gasteiger partial charge in [0.1, 0.15) is 0 Å². The number of rotatable bonds is 2. The summed E-state index contributed by atoms with van der Waals surface area (Å²) in [7, 11) is 0. The van der Waals surface area contributed by atoms with Crippen LogP contribution in [0, 0.1) is 11.8 Å². The number of likely N-dealkylation sites (tertiary alicyclic amines) is 1. The standard InChI is InChI=1S/C23H26F3N3O/c24-23(25,26)19-8-5-4-6-17(19)14-10-15-12-29(13-16(15)11-14)22(30)21-18-7-2-1-3-9-20(18)27-28-21/h4-6,8,14-16H,1-3,7,9-13H2,(H,27,28)/t14?,15-,16+. The van der Waals surface area contributed by atoms with Gasteiger partial charge in [-0.3, -0.25) is 9.89 Å². The molecule has 1 amide bonds. The molecule has 2 fully saturated rings. The van der Waals surface area contributed by atoms with Crippen molar-refractivity contribution < 1.29 is 18.0 Å². The number of nitrogens with one attached hydrogen (secondary N) is 1. The van der Waals surface area contributed by atoms with E-state index >= 15 is 0 Å². The molecule has 5 rings (SSSR count). The second kappa shape index (κ2) is 7.43. The number of aromatic nitrogens is 2. The van der Waals surface area contributed by atoms with E-state index in [2.05, 4.69) is 10.2 Å². The van der Waals surface area contributed by atoms with E-state index in [0.717, 1.165) is 36.9 Å². The Morgan fingerprint density at radius 3 is 2.47 bits per heavy atom. The molecule has 0 radical (unpaired) electrons. The van der Waals surface area contributed by atoms with Crippen molar-refractivity contribution in [1.82, 2.24) is 15.1 Å². The van der Waals surface area contributed by atoms with Crippen LogP contribution in [0.1, 0.15) is 70.9 Å².